The van der Waals surface area contributed by atoms with Crippen LogP contribution >= 0.6 is 11.6 Å². The molecule has 0 amide bonds. The maximum atomic E-state index is 13.1. The topological polar surface area (TPSA) is 66.1 Å². The van der Waals surface area contributed by atoms with Crippen LogP contribution in [0.25, 0.3) is 22.6 Å². The molecular weight excluding hydrogens is 378 g/mol. The van der Waals surface area contributed by atoms with Gasteiger partial charge in [-0.15, -0.1) is 0 Å². The quantitative estimate of drug-likeness (QED) is 0.495. The van der Waals surface area contributed by atoms with Crippen LogP contribution in [-0.2, 0) is 4.74 Å². The van der Waals surface area contributed by atoms with Crippen molar-refractivity contribution >= 4 is 17.6 Å². The van der Waals surface area contributed by atoms with E-state index in [0.29, 0.717) is 22.0 Å². The summed E-state index contributed by atoms with van der Waals surface area (Å²) in [5.41, 5.74) is 2.83. The summed E-state index contributed by atoms with van der Waals surface area (Å²) in [5, 5.41) is 5.02. The highest BCUT2D eigenvalue weighted by Crippen LogP contribution is 2.26. The summed E-state index contributed by atoms with van der Waals surface area (Å²) in [4.78, 5) is 25.5. The Balaban J connectivity index is 2.01. The number of carbonyl (C=O) groups is 1. The van der Waals surface area contributed by atoms with E-state index in [4.69, 9.17) is 16.3 Å². The average Bonchev–Trinajstić information content (AvgIpc) is 3.04. The molecule has 2 aromatic rings. The predicted octanol–water partition coefficient (Wildman–Crippen LogP) is 3.88. The van der Waals surface area contributed by atoms with E-state index in [1.807, 2.05) is 31.2 Å². The zero-order valence-corrected chi connectivity index (χ0v) is 16.0. The van der Waals surface area contributed by atoms with E-state index in [2.05, 4.69) is 5.10 Å². The van der Waals surface area contributed by atoms with Gasteiger partial charge in [0.15, 0.2) is 0 Å². The standard InChI is InChI=1S/C21H16ClN3O3/c1-13-5-3-4-6-18(13)25-20(26)16-11-24(15-9-7-14(22)8-10-15)12-17(19(16)23-25)21(27)28-2/h3-12H,1-2H3. The molecule has 4 rings (SSSR count). The molecule has 0 bridgehead atoms. The van der Waals surface area contributed by atoms with Gasteiger partial charge in [-0.3, -0.25) is 4.79 Å². The van der Waals surface area contributed by atoms with Gasteiger partial charge in [0.1, 0.15) is 11.3 Å². The molecule has 0 fully saturated rings. The van der Waals surface area contributed by atoms with Crippen molar-refractivity contribution < 1.29 is 9.53 Å². The Morgan fingerprint density at radius 1 is 1.07 bits per heavy atom. The van der Waals surface area contributed by atoms with E-state index in [0.717, 1.165) is 11.3 Å². The average molecular weight is 394 g/mol. The van der Waals surface area contributed by atoms with Gasteiger partial charge in [-0.1, -0.05) is 29.8 Å². The lowest BCUT2D eigenvalue weighted by Gasteiger charge is -2.11. The Labute approximate surface area is 165 Å². The maximum absolute atomic E-state index is 13.1. The second-order valence-electron chi connectivity index (χ2n) is 6.31. The third kappa shape index (κ3) is 2.97. The molecule has 28 heavy (non-hydrogen) atoms. The number of pyridine rings is 1. The summed E-state index contributed by atoms with van der Waals surface area (Å²) < 4.78 is 7.92. The number of nitrogens with zero attached hydrogens (tertiary/aromatic N) is 3. The molecule has 2 aliphatic heterocycles. The smallest absolute Gasteiger partial charge is 0.341 e. The number of halogens is 1. The summed E-state index contributed by atoms with van der Waals surface area (Å²) in [5.74, 6) is -0.567. The van der Waals surface area contributed by atoms with E-state index >= 15 is 0 Å². The Hall–Kier alpha value is -3.38. The lowest BCUT2D eigenvalue weighted by molar-refractivity contribution is 0.0600. The zero-order chi connectivity index (χ0) is 19.8. The number of carbonyl (C=O) groups excluding carboxylic acids is 1. The highest BCUT2D eigenvalue weighted by atomic mass is 35.5. The number of ether oxygens (including phenoxy) is 1. The third-order valence-electron chi connectivity index (χ3n) is 4.54. The minimum atomic E-state index is -0.567. The molecule has 0 atom stereocenters. The molecule has 0 N–H and O–H groups in total. The van der Waals surface area contributed by atoms with Crippen LogP contribution in [0.15, 0.2) is 65.7 Å². The van der Waals surface area contributed by atoms with Crippen molar-refractivity contribution in [3.05, 3.63) is 87.4 Å². The monoisotopic (exact) mass is 393 g/mol. The van der Waals surface area contributed by atoms with Gasteiger partial charge in [0.05, 0.1) is 18.4 Å². The first-order chi connectivity index (χ1) is 13.5. The molecule has 0 spiro atoms. The molecular formula is C21H16ClN3O3. The highest BCUT2D eigenvalue weighted by molar-refractivity contribution is 6.30. The van der Waals surface area contributed by atoms with Crippen LogP contribution in [0.5, 0.6) is 0 Å². The summed E-state index contributed by atoms with van der Waals surface area (Å²) in [7, 11) is 1.30. The second kappa shape index (κ2) is 6.98. The number of para-hydroxylation sites is 1. The first-order valence-electron chi connectivity index (χ1n) is 8.55. The molecule has 2 heterocycles. The highest BCUT2D eigenvalue weighted by Gasteiger charge is 2.25. The molecule has 0 saturated carbocycles. The van der Waals surface area contributed by atoms with E-state index in [1.165, 1.54) is 11.8 Å². The van der Waals surface area contributed by atoms with E-state index in [9.17, 15) is 9.59 Å². The van der Waals surface area contributed by atoms with Gasteiger partial charge in [0.25, 0.3) is 5.56 Å². The first kappa shape index (κ1) is 18.0. The number of aryl methyl sites for hydroxylation is 1. The van der Waals surface area contributed by atoms with Crippen molar-refractivity contribution in [2.75, 3.05) is 7.11 Å². The van der Waals surface area contributed by atoms with Crippen molar-refractivity contribution in [3.8, 4) is 22.6 Å². The van der Waals surface area contributed by atoms with Crippen molar-refractivity contribution in [2.45, 2.75) is 6.92 Å². The number of esters is 1. The van der Waals surface area contributed by atoms with Gasteiger partial charge in [0, 0.05) is 23.1 Å². The molecule has 0 aliphatic carbocycles. The van der Waals surface area contributed by atoms with Crippen molar-refractivity contribution in [3.63, 3.8) is 0 Å². The molecule has 7 heteroatoms. The van der Waals surface area contributed by atoms with Gasteiger partial charge < -0.3 is 9.30 Å². The van der Waals surface area contributed by atoms with E-state index < -0.39 is 5.97 Å². The third-order valence-corrected chi connectivity index (χ3v) is 4.80. The SMILES string of the molecule is COC(=O)c1cn(-c2ccc(Cl)cc2)cc2c(=O)n(-c3ccccc3C)nc1-2. The van der Waals surface area contributed by atoms with Gasteiger partial charge in [-0.2, -0.15) is 9.78 Å². The number of methoxy groups -OCH3 is 1. The van der Waals surface area contributed by atoms with E-state index in [-0.39, 0.29) is 11.1 Å². The zero-order valence-electron chi connectivity index (χ0n) is 15.2. The van der Waals surface area contributed by atoms with Gasteiger partial charge in [0.2, 0.25) is 0 Å². The molecule has 0 unspecified atom stereocenters. The van der Waals surface area contributed by atoms with Gasteiger partial charge in [-0.05, 0) is 42.8 Å². The molecule has 0 saturated heterocycles. The molecule has 2 aliphatic rings. The molecule has 6 nitrogen and oxygen atoms in total. The number of hydrogen-bond donors (Lipinski definition) is 0. The molecule has 2 aromatic carbocycles. The van der Waals surface area contributed by atoms with Crippen LogP contribution in [-0.4, -0.2) is 27.4 Å². The lowest BCUT2D eigenvalue weighted by Crippen LogP contribution is -2.16. The van der Waals surface area contributed by atoms with Crippen molar-refractivity contribution in [1.82, 2.24) is 14.3 Å². The Kier molecular flexibility index (Phi) is 4.49. The van der Waals surface area contributed by atoms with Crippen LogP contribution in [0.2, 0.25) is 5.02 Å². The fourth-order valence-corrected chi connectivity index (χ4v) is 3.22. The predicted molar refractivity (Wildman–Crippen MR) is 107 cm³/mol. The minimum absolute atomic E-state index is 0.208. The Morgan fingerprint density at radius 2 is 1.79 bits per heavy atom. The number of hydrogen-bond acceptors (Lipinski definition) is 4. The fourth-order valence-electron chi connectivity index (χ4n) is 3.09. The number of benzene rings is 2. The van der Waals surface area contributed by atoms with Gasteiger partial charge >= 0.3 is 5.97 Å². The molecule has 140 valence electrons. The number of fused-ring (bicyclic) bond motifs is 1. The van der Waals surface area contributed by atoms with Crippen LogP contribution in [0, 0.1) is 6.92 Å². The van der Waals surface area contributed by atoms with E-state index in [1.54, 1.807) is 41.2 Å². The van der Waals surface area contributed by atoms with Crippen molar-refractivity contribution in [2.24, 2.45) is 0 Å². The largest absolute Gasteiger partial charge is 0.465 e. The van der Waals surface area contributed by atoms with Crippen LogP contribution in [0.3, 0.4) is 0 Å². The number of rotatable bonds is 3. The Morgan fingerprint density at radius 3 is 2.46 bits per heavy atom. The summed E-state index contributed by atoms with van der Waals surface area (Å²) in [6.45, 7) is 1.90. The molecule has 0 radical (unpaired) electrons. The summed E-state index contributed by atoms with van der Waals surface area (Å²) in [6, 6.07) is 14.5. The summed E-state index contributed by atoms with van der Waals surface area (Å²) in [6.07, 6.45) is 3.27. The second-order valence-corrected chi connectivity index (χ2v) is 6.75. The molecule has 0 aromatic heterocycles. The van der Waals surface area contributed by atoms with Crippen LogP contribution < -0.4 is 5.56 Å². The van der Waals surface area contributed by atoms with Crippen LogP contribution in [0.4, 0.5) is 0 Å². The normalized spacial score (nSPS) is 11.0. The lowest BCUT2D eigenvalue weighted by atomic mass is 10.1. The summed E-state index contributed by atoms with van der Waals surface area (Å²) >= 11 is 5.96. The minimum Gasteiger partial charge on any atom is -0.465 e. The fraction of sp³-hybridized carbons (Fsp3) is 0.0952. The first-order valence-corrected chi connectivity index (χ1v) is 8.92. The Bertz CT molecular complexity index is 1210. The van der Waals surface area contributed by atoms with Gasteiger partial charge in [-0.25, -0.2) is 4.79 Å². The van der Waals surface area contributed by atoms with Crippen molar-refractivity contribution in [1.29, 1.82) is 0 Å². The van der Waals surface area contributed by atoms with Crippen LogP contribution in [0.1, 0.15) is 15.9 Å². The number of aromatic nitrogens is 3. The maximum Gasteiger partial charge on any atom is 0.341 e.